The number of nitrogens with one attached hydrogen (secondary N) is 1. The Morgan fingerprint density at radius 3 is 2.72 bits per heavy atom. The zero-order valence-corrected chi connectivity index (χ0v) is 14.4. The average Bonchev–Trinajstić information content (AvgIpc) is 2.54. The number of halogens is 1. The van der Waals surface area contributed by atoms with Crippen LogP contribution in [0.5, 0.6) is 5.75 Å². The average molecular weight is 352 g/mol. The fourth-order valence-electron chi connectivity index (χ4n) is 2.95. The molecule has 6 nitrogen and oxygen atoms in total. The van der Waals surface area contributed by atoms with Crippen molar-refractivity contribution in [2.24, 2.45) is 0 Å². The minimum atomic E-state index is -0.829. The molecule has 0 unspecified atom stereocenters. The number of carbonyl (C=O) groups excluding carboxylic acids is 1. The Hall–Kier alpha value is -2.15. The second kappa shape index (κ2) is 9.36. The van der Waals surface area contributed by atoms with Gasteiger partial charge in [-0.15, -0.1) is 0 Å². The lowest BCUT2D eigenvalue weighted by molar-refractivity contribution is -0.139. The highest BCUT2D eigenvalue weighted by Gasteiger charge is 2.34. The zero-order chi connectivity index (χ0) is 18.2. The van der Waals surface area contributed by atoms with Crippen molar-refractivity contribution in [3.05, 3.63) is 30.1 Å². The number of benzene rings is 1. The summed E-state index contributed by atoms with van der Waals surface area (Å²) < 4.78 is 18.7. The monoisotopic (exact) mass is 352 g/mol. The van der Waals surface area contributed by atoms with Crippen LogP contribution in [0.15, 0.2) is 24.3 Å². The predicted octanol–water partition coefficient (Wildman–Crippen LogP) is 2.04. The number of likely N-dealkylation sites (N-methyl/N-ethyl adjacent to an activating group) is 1. The van der Waals surface area contributed by atoms with Gasteiger partial charge < -0.3 is 15.2 Å². The van der Waals surface area contributed by atoms with Gasteiger partial charge in [-0.05, 0) is 37.9 Å². The molecule has 0 atom stereocenters. The maximum Gasteiger partial charge on any atom is 0.317 e. The van der Waals surface area contributed by atoms with E-state index in [1.807, 2.05) is 11.8 Å². The number of hydrogen-bond acceptors (Lipinski definition) is 4. The highest BCUT2D eigenvalue weighted by Crippen LogP contribution is 2.25. The van der Waals surface area contributed by atoms with Crippen molar-refractivity contribution in [1.29, 1.82) is 0 Å². The third-order valence-electron chi connectivity index (χ3n) is 4.38. The molecule has 0 saturated heterocycles. The number of nitrogens with zero attached hydrogens (tertiary/aromatic N) is 1. The van der Waals surface area contributed by atoms with E-state index in [2.05, 4.69) is 5.32 Å². The van der Waals surface area contributed by atoms with E-state index in [4.69, 9.17) is 9.84 Å². The molecule has 1 aliphatic rings. The molecule has 2 rings (SSSR count). The van der Waals surface area contributed by atoms with E-state index < -0.39 is 11.8 Å². The summed E-state index contributed by atoms with van der Waals surface area (Å²) in [7, 11) is 0. The fourth-order valence-corrected chi connectivity index (χ4v) is 2.95. The van der Waals surface area contributed by atoms with Crippen LogP contribution in [0.1, 0.15) is 32.6 Å². The summed E-state index contributed by atoms with van der Waals surface area (Å²) in [5.74, 6) is -1.09. The smallest absolute Gasteiger partial charge is 0.317 e. The molecule has 0 aliphatic heterocycles. The molecule has 1 aromatic rings. The zero-order valence-electron chi connectivity index (χ0n) is 14.4. The topological polar surface area (TPSA) is 78.9 Å². The van der Waals surface area contributed by atoms with E-state index >= 15 is 0 Å². The number of carbonyl (C=O) groups is 2. The first kappa shape index (κ1) is 19.2. The lowest BCUT2D eigenvalue weighted by Crippen LogP contribution is -2.54. The molecule has 2 N–H and O–H groups in total. The summed E-state index contributed by atoms with van der Waals surface area (Å²) in [5, 5.41) is 11.8. The molecule has 0 aromatic heterocycles. The number of rotatable bonds is 10. The number of ether oxygens (including phenoxy) is 1. The Kier molecular flexibility index (Phi) is 7.18. The van der Waals surface area contributed by atoms with Gasteiger partial charge in [-0.2, -0.15) is 0 Å². The lowest BCUT2D eigenvalue weighted by atomic mass is 9.85. The van der Waals surface area contributed by atoms with Crippen LogP contribution >= 0.6 is 0 Å². The normalized spacial score (nSPS) is 19.3. The van der Waals surface area contributed by atoms with Crippen LogP contribution in [0.2, 0.25) is 0 Å². The minimum absolute atomic E-state index is 0.0369. The summed E-state index contributed by atoms with van der Waals surface area (Å²) in [4.78, 5) is 24.6. The standard InChI is InChI=1S/C18H25FN2O4/c1-2-21(12-18(23)24)14-10-13(11-14)20-17(22)8-5-9-25-16-7-4-3-6-15(16)19/h3-4,6-7,13-14H,2,5,8-12H2,1H3,(H,20,22)(H,23,24). The van der Waals surface area contributed by atoms with Crippen LogP contribution < -0.4 is 10.1 Å². The van der Waals surface area contributed by atoms with Crippen LogP contribution in [-0.2, 0) is 9.59 Å². The first-order valence-electron chi connectivity index (χ1n) is 8.62. The van der Waals surface area contributed by atoms with Crippen molar-refractivity contribution in [1.82, 2.24) is 10.2 Å². The quantitative estimate of drug-likeness (QED) is 0.630. The van der Waals surface area contributed by atoms with Gasteiger partial charge >= 0.3 is 5.97 Å². The van der Waals surface area contributed by atoms with Crippen molar-refractivity contribution in [2.75, 3.05) is 19.7 Å². The van der Waals surface area contributed by atoms with Gasteiger partial charge in [0.05, 0.1) is 13.2 Å². The molecule has 1 fully saturated rings. The van der Waals surface area contributed by atoms with Crippen molar-refractivity contribution >= 4 is 11.9 Å². The van der Waals surface area contributed by atoms with Crippen LogP contribution in [0.4, 0.5) is 4.39 Å². The minimum Gasteiger partial charge on any atom is -0.491 e. The molecule has 1 saturated carbocycles. The summed E-state index contributed by atoms with van der Waals surface area (Å²) in [6, 6.07) is 6.50. The van der Waals surface area contributed by atoms with E-state index in [0.717, 1.165) is 12.8 Å². The summed E-state index contributed by atoms with van der Waals surface area (Å²) >= 11 is 0. The first-order valence-corrected chi connectivity index (χ1v) is 8.62. The van der Waals surface area contributed by atoms with Gasteiger partial charge in [0.15, 0.2) is 11.6 Å². The van der Waals surface area contributed by atoms with Gasteiger partial charge in [0.2, 0.25) is 5.91 Å². The first-order chi connectivity index (χ1) is 12.0. The van der Waals surface area contributed by atoms with Gasteiger partial charge in [0, 0.05) is 18.5 Å². The van der Waals surface area contributed by atoms with Gasteiger partial charge in [0.1, 0.15) is 0 Å². The van der Waals surface area contributed by atoms with E-state index in [9.17, 15) is 14.0 Å². The number of aliphatic carboxylic acids is 1. The maximum atomic E-state index is 13.4. The highest BCUT2D eigenvalue weighted by atomic mass is 19.1. The van der Waals surface area contributed by atoms with Crippen LogP contribution in [0.25, 0.3) is 0 Å². The molecule has 0 heterocycles. The second-order valence-corrected chi connectivity index (χ2v) is 6.23. The molecule has 0 radical (unpaired) electrons. The van der Waals surface area contributed by atoms with Crippen LogP contribution in [0.3, 0.4) is 0 Å². The molecule has 0 spiro atoms. The molecule has 0 bridgehead atoms. The lowest BCUT2D eigenvalue weighted by Gasteiger charge is -2.42. The third kappa shape index (κ3) is 6.01. The summed E-state index contributed by atoms with van der Waals surface area (Å²) in [5.41, 5.74) is 0. The Labute approximate surface area is 147 Å². The Morgan fingerprint density at radius 1 is 1.36 bits per heavy atom. The SMILES string of the molecule is CCN(CC(=O)O)C1CC(NC(=O)CCCOc2ccccc2F)C1. The molecule has 25 heavy (non-hydrogen) atoms. The van der Waals surface area contributed by atoms with Gasteiger partial charge in [-0.1, -0.05) is 19.1 Å². The Bertz CT molecular complexity index is 590. The third-order valence-corrected chi connectivity index (χ3v) is 4.38. The molecule has 1 aromatic carbocycles. The van der Waals surface area contributed by atoms with Crippen molar-refractivity contribution in [2.45, 2.75) is 44.7 Å². The van der Waals surface area contributed by atoms with Crippen LogP contribution in [-0.4, -0.2) is 53.7 Å². The number of carboxylic acids is 1. The molecule has 1 amide bonds. The Balaban J connectivity index is 1.59. The molecular weight excluding hydrogens is 327 g/mol. The summed E-state index contributed by atoms with van der Waals surface area (Å²) in [6.45, 7) is 2.94. The van der Waals surface area contributed by atoms with E-state index in [-0.39, 0.29) is 36.9 Å². The molecular formula is C18H25FN2O4. The van der Waals surface area contributed by atoms with Gasteiger partial charge in [-0.25, -0.2) is 4.39 Å². The number of para-hydroxylation sites is 1. The summed E-state index contributed by atoms with van der Waals surface area (Å²) in [6.07, 6.45) is 2.38. The van der Waals surface area contributed by atoms with Crippen molar-refractivity contribution in [3.8, 4) is 5.75 Å². The highest BCUT2D eigenvalue weighted by molar-refractivity contribution is 5.76. The fraction of sp³-hybridized carbons (Fsp3) is 0.556. The largest absolute Gasteiger partial charge is 0.491 e. The van der Waals surface area contributed by atoms with E-state index in [0.29, 0.717) is 19.4 Å². The molecule has 138 valence electrons. The number of carboxylic acid groups (broad SMARTS) is 1. The van der Waals surface area contributed by atoms with Crippen LogP contribution in [0, 0.1) is 5.82 Å². The Morgan fingerprint density at radius 2 is 2.08 bits per heavy atom. The van der Waals surface area contributed by atoms with E-state index in [1.54, 1.807) is 18.2 Å². The van der Waals surface area contributed by atoms with Gasteiger partial charge in [-0.3, -0.25) is 14.5 Å². The maximum absolute atomic E-state index is 13.4. The molecule has 1 aliphatic carbocycles. The number of amides is 1. The van der Waals surface area contributed by atoms with Crippen molar-refractivity contribution < 1.29 is 23.8 Å². The second-order valence-electron chi connectivity index (χ2n) is 6.23. The van der Waals surface area contributed by atoms with Gasteiger partial charge in [0.25, 0.3) is 0 Å². The van der Waals surface area contributed by atoms with E-state index in [1.165, 1.54) is 6.07 Å². The number of hydrogen-bond donors (Lipinski definition) is 2. The predicted molar refractivity (Wildman–Crippen MR) is 91.0 cm³/mol. The molecule has 7 heteroatoms. The van der Waals surface area contributed by atoms with Crippen molar-refractivity contribution in [3.63, 3.8) is 0 Å².